The number of carbonyl (C=O) groups is 4. The molecule has 3 aliphatic carbocycles. The van der Waals surface area contributed by atoms with E-state index in [1.54, 1.807) is 0 Å². The Morgan fingerprint density at radius 2 is 1.70 bits per heavy atom. The van der Waals surface area contributed by atoms with E-state index in [1.165, 1.54) is 14.2 Å². The van der Waals surface area contributed by atoms with E-state index < -0.39 is 41.1 Å². The molecular formula is C16H18O7. The summed E-state index contributed by atoms with van der Waals surface area (Å²) in [7, 11) is 2.60. The smallest absolute Gasteiger partial charge is 0.320 e. The summed E-state index contributed by atoms with van der Waals surface area (Å²) in [5.74, 6) is -2.90. The Morgan fingerprint density at radius 1 is 1.09 bits per heavy atom. The molecule has 7 atom stereocenters. The molecular weight excluding hydrogens is 304 g/mol. The summed E-state index contributed by atoms with van der Waals surface area (Å²) in [4.78, 5) is 48.1. The van der Waals surface area contributed by atoms with Crippen molar-refractivity contribution < 1.29 is 33.4 Å². The third-order valence-corrected chi connectivity index (χ3v) is 6.58. The summed E-state index contributed by atoms with van der Waals surface area (Å²) in [5, 5.41) is 0. The molecule has 0 aromatic heterocycles. The number of fused-ring (bicyclic) bond motifs is 6. The molecule has 7 nitrogen and oxygen atoms in total. The van der Waals surface area contributed by atoms with Gasteiger partial charge < -0.3 is 14.2 Å². The van der Waals surface area contributed by atoms with Crippen LogP contribution >= 0.6 is 0 Å². The molecule has 1 spiro atoms. The molecule has 4 aliphatic rings. The monoisotopic (exact) mass is 322 g/mol. The van der Waals surface area contributed by atoms with E-state index in [1.807, 2.05) is 0 Å². The maximum Gasteiger partial charge on any atom is 0.320 e. The first kappa shape index (κ1) is 14.7. The largest absolute Gasteiger partial charge is 0.469 e. The summed E-state index contributed by atoms with van der Waals surface area (Å²) in [5.41, 5.74) is -0.795. The van der Waals surface area contributed by atoms with Crippen LogP contribution in [0.3, 0.4) is 0 Å². The zero-order valence-electron chi connectivity index (χ0n) is 12.9. The van der Waals surface area contributed by atoms with Gasteiger partial charge in [-0.15, -0.1) is 0 Å². The first-order chi connectivity index (χ1) is 10.9. The van der Waals surface area contributed by atoms with Gasteiger partial charge in [-0.2, -0.15) is 0 Å². The molecule has 4 rings (SSSR count). The molecule has 0 amide bonds. The normalized spacial score (nSPS) is 46.3. The first-order valence-electron chi connectivity index (χ1n) is 7.85. The molecule has 0 N–H and O–H groups in total. The third-order valence-electron chi connectivity index (χ3n) is 6.58. The molecule has 0 aromatic rings. The topological polar surface area (TPSA) is 96.0 Å². The second kappa shape index (κ2) is 4.55. The van der Waals surface area contributed by atoms with Crippen molar-refractivity contribution in [2.24, 2.45) is 40.9 Å². The number of hydrogen-bond acceptors (Lipinski definition) is 7. The number of carbonyl (C=O) groups excluding carboxylic acids is 4. The fourth-order valence-electron chi connectivity index (χ4n) is 5.90. The van der Waals surface area contributed by atoms with Crippen molar-refractivity contribution in [1.82, 2.24) is 0 Å². The molecule has 1 heterocycles. The van der Waals surface area contributed by atoms with Crippen LogP contribution in [0.2, 0.25) is 0 Å². The van der Waals surface area contributed by atoms with Crippen molar-refractivity contribution in [1.29, 1.82) is 0 Å². The molecule has 1 aliphatic heterocycles. The molecule has 0 radical (unpaired) electrons. The zero-order chi connectivity index (χ0) is 16.5. The van der Waals surface area contributed by atoms with Gasteiger partial charge in [0.2, 0.25) is 0 Å². The maximum atomic E-state index is 12.2. The third kappa shape index (κ3) is 1.60. The fourth-order valence-corrected chi connectivity index (χ4v) is 5.90. The van der Waals surface area contributed by atoms with Crippen LogP contribution < -0.4 is 0 Å². The lowest BCUT2D eigenvalue weighted by Crippen LogP contribution is -2.60. The minimum absolute atomic E-state index is 0.0330. The molecule has 7 unspecified atom stereocenters. The van der Waals surface area contributed by atoms with Crippen LogP contribution in [0.25, 0.3) is 0 Å². The number of hydrogen-bond donors (Lipinski definition) is 0. The van der Waals surface area contributed by atoms with Crippen molar-refractivity contribution >= 4 is 23.9 Å². The van der Waals surface area contributed by atoms with Crippen molar-refractivity contribution in [3.8, 4) is 0 Å². The van der Waals surface area contributed by atoms with Gasteiger partial charge in [0.15, 0.2) is 0 Å². The minimum Gasteiger partial charge on any atom is -0.469 e. The Labute approximate surface area is 132 Å². The highest BCUT2D eigenvalue weighted by Crippen LogP contribution is 2.73. The van der Waals surface area contributed by atoms with Crippen molar-refractivity contribution in [3.05, 3.63) is 0 Å². The van der Waals surface area contributed by atoms with Crippen molar-refractivity contribution in [3.63, 3.8) is 0 Å². The molecule has 0 aromatic carbocycles. The van der Waals surface area contributed by atoms with E-state index in [-0.39, 0.29) is 30.1 Å². The van der Waals surface area contributed by atoms with Gasteiger partial charge in [0.25, 0.3) is 0 Å². The summed E-state index contributed by atoms with van der Waals surface area (Å²) < 4.78 is 14.5. The molecule has 23 heavy (non-hydrogen) atoms. The molecule has 3 saturated carbocycles. The fraction of sp³-hybridized carbons (Fsp3) is 0.750. The van der Waals surface area contributed by atoms with E-state index in [2.05, 4.69) is 0 Å². The Kier molecular flexibility index (Phi) is 2.90. The predicted molar refractivity (Wildman–Crippen MR) is 72.4 cm³/mol. The van der Waals surface area contributed by atoms with Gasteiger partial charge in [0.05, 0.1) is 37.9 Å². The van der Waals surface area contributed by atoms with E-state index >= 15 is 0 Å². The number of cyclic esters (lactones) is 2. The molecule has 4 fully saturated rings. The number of ether oxygens (including phenoxy) is 3. The van der Waals surface area contributed by atoms with Crippen LogP contribution in [0.15, 0.2) is 0 Å². The Morgan fingerprint density at radius 3 is 2.22 bits per heavy atom. The van der Waals surface area contributed by atoms with Crippen LogP contribution in [-0.4, -0.2) is 38.1 Å². The van der Waals surface area contributed by atoms with Gasteiger partial charge in [-0.1, -0.05) is 0 Å². The van der Waals surface area contributed by atoms with Gasteiger partial charge in [-0.05, 0) is 36.5 Å². The summed E-state index contributed by atoms with van der Waals surface area (Å²) in [6.07, 6.45) is 1.40. The Bertz CT molecular complexity index is 626. The maximum absolute atomic E-state index is 12.2. The van der Waals surface area contributed by atoms with E-state index in [0.717, 1.165) is 6.42 Å². The van der Waals surface area contributed by atoms with Crippen molar-refractivity contribution in [2.75, 3.05) is 14.2 Å². The average molecular weight is 322 g/mol. The van der Waals surface area contributed by atoms with Gasteiger partial charge in [0, 0.05) is 0 Å². The van der Waals surface area contributed by atoms with Crippen LogP contribution in [0.4, 0.5) is 0 Å². The lowest BCUT2D eigenvalue weighted by molar-refractivity contribution is -0.191. The van der Waals surface area contributed by atoms with Gasteiger partial charge in [-0.25, -0.2) is 0 Å². The highest BCUT2D eigenvalue weighted by molar-refractivity contribution is 5.98. The SMILES string of the molecule is COC(=O)C1C(C(=O)OC)C2C1C1CC2C2(CC(=O)OC2=O)C1. The zero-order valence-corrected chi connectivity index (χ0v) is 12.9. The molecule has 1 saturated heterocycles. The lowest BCUT2D eigenvalue weighted by Gasteiger charge is -2.54. The average Bonchev–Trinajstić information content (AvgIpc) is 3.08. The Balaban J connectivity index is 1.68. The quantitative estimate of drug-likeness (QED) is 0.410. The summed E-state index contributed by atoms with van der Waals surface area (Å²) in [6.45, 7) is 0. The first-order valence-corrected chi connectivity index (χ1v) is 7.85. The number of rotatable bonds is 2. The van der Waals surface area contributed by atoms with E-state index in [0.29, 0.717) is 6.42 Å². The van der Waals surface area contributed by atoms with Gasteiger partial charge in [0.1, 0.15) is 0 Å². The minimum atomic E-state index is -0.795. The van der Waals surface area contributed by atoms with E-state index in [9.17, 15) is 19.2 Å². The van der Waals surface area contributed by atoms with Gasteiger partial charge >= 0.3 is 23.9 Å². The second-order valence-corrected chi connectivity index (χ2v) is 7.15. The second-order valence-electron chi connectivity index (χ2n) is 7.15. The molecule has 2 bridgehead atoms. The highest BCUT2D eigenvalue weighted by Gasteiger charge is 2.76. The number of methoxy groups -OCH3 is 2. The van der Waals surface area contributed by atoms with E-state index in [4.69, 9.17) is 14.2 Å². The predicted octanol–water partition coefficient (Wildman–Crippen LogP) is 0.310. The highest BCUT2D eigenvalue weighted by atomic mass is 16.6. The van der Waals surface area contributed by atoms with Crippen LogP contribution in [0.5, 0.6) is 0 Å². The standard InChI is InChI=1S/C16H18O7/c1-21-13(18)11-9-6-3-7(10(9)12(11)14(19)22-2)16(4-6)5-8(17)23-15(16)20/h6-7,9-12H,3-5H2,1-2H3. The summed E-state index contributed by atoms with van der Waals surface area (Å²) >= 11 is 0. The molecule has 7 heteroatoms. The summed E-state index contributed by atoms with van der Waals surface area (Å²) in [6, 6.07) is 0. The lowest BCUT2D eigenvalue weighted by atomic mass is 9.47. The van der Waals surface area contributed by atoms with Crippen molar-refractivity contribution in [2.45, 2.75) is 19.3 Å². The van der Waals surface area contributed by atoms with Crippen LogP contribution in [0, 0.1) is 40.9 Å². The van der Waals surface area contributed by atoms with Gasteiger partial charge in [-0.3, -0.25) is 19.2 Å². The molecule has 124 valence electrons. The number of esters is 4. The van der Waals surface area contributed by atoms with Crippen LogP contribution in [-0.2, 0) is 33.4 Å². The van der Waals surface area contributed by atoms with Crippen LogP contribution in [0.1, 0.15) is 19.3 Å². The Hall–Kier alpha value is -1.92.